The molecule has 5 heteroatoms. The first-order valence-corrected chi connectivity index (χ1v) is 9.23. The molecule has 2 heterocycles. The maximum Gasteiger partial charge on any atom is 0.307 e. The molecule has 1 spiro atoms. The monoisotopic (exact) mass is 322 g/mol. The molecule has 0 aromatic carbocycles. The molecule has 0 bridgehead atoms. The number of nitrogens with zero attached hydrogens (tertiary/aromatic N) is 2. The van der Waals surface area contributed by atoms with Crippen LogP contribution in [-0.2, 0) is 14.3 Å². The van der Waals surface area contributed by atoms with Gasteiger partial charge in [0.25, 0.3) is 0 Å². The van der Waals surface area contributed by atoms with Gasteiger partial charge in [0.15, 0.2) is 0 Å². The van der Waals surface area contributed by atoms with Gasteiger partial charge in [0.2, 0.25) is 5.91 Å². The van der Waals surface area contributed by atoms with Crippen LogP contribution in [0.4, 0.5) is 0 Å². The van der Waals surface area contributed by atoms with Crippen LogP contribution < -0.4 is 0 Å². The standard InChI is InChI=1S/C18H30N2O3/c1-14(2)13-19-8-5-9-20(11-10-19)17(22)15-12-16(21)23-18(15)6-3-4-7-18/h14-15H,3-13H2,1-2H3/t15-/m1/s1. The van der Waals surface area contributed by atoms with Gasteiger partial charge in [-0.25, -0.2) is 0 Å². The minimum absolute atomic E-state index is 0.157. The Balaban J connectivity index is 1.64. The second-order valence-electron chi connectivity index (χ2n) is 7.88. The number of ether oxygens (including phenoxy) is 1. The van der Waals surface area contributed by atoms with Gasteiger partial charge in [-0.05, 0) is 44.6 Å². The molecule has 2 aliphatic heterocycles. The summed E-state index contributed by atoms with van der Waals surface area (Å²) < 4.78 is 5.64. The number of rotatable bonds is 3. The molecule has 0 radical (unpaired) electrons. The van der Waals surface area contributed by atoms with Crippen LogP contribution in [0.15, 0.2) is 0 Å². The first-order chi connectivity index (χ1) is 11.0. The van der Waals surface area contributed by atoms with E-state index in [2.05, 4.69) is 18.7 Å². The van der Waals surface area contributed by atoms with E-state index in [0.29, 0.717) is 5.92 Å². The normalized spacial score (nSPS) is 28.4. The number of hydrogen-bond acceptors (Lipinski definition) is 4. The number of amides is 1. The fourth-order valence-electron chi connectivity index (χ4n) is 4.54. The summed E-state index contributed by atoms with van der Waals surface area (Å²) in [6.45, 7) is 9.17. The summed E-state index contributed by atoms with van der Waals surface area (Å²) in [5, 5.41) is 0. The third kappa shape index (κ3) is 3.54. The molecule has 130 valence electrons. The fraction of sp³-hybridized carbons (Fsp3) is 0.889. The van der Waals surface area contributed by atoms with Crippen molar-refractivity contribution < 1.29 is 14.3 Å². The van der Waals surface area contributed by atoms with E-state index in [0.717, 1.165) is 64.8 Å². The lowest BCUT2D eigenvalue weighted by Gasteiger charge is -2.32. The van der Waals surface area contributed by atoms with Gasteiger partial charge in [-0.2, -0.15) is 0 Å². The van der Waals surface area contributed by atoms with E-state index < -0.39 is 5.60 Å². The molecule has 0 N–H and O–H groups in total. The lowest BCUT2D eigenvalue weighted by Crippen LogP contribution is -2.46. The second-order valence-corrected chi connectivity index (χ2v) is 7.88. The maximum absolute atomic E-state index is 13.1. The lowest BCUT2D eigenvalue weighted by molar-refractivity contribution is -0.151. The Kier molecular flexibility index (Phi) is 4.95. The fourth-order valence-corrected chi connectivity index (χ4v) is 4.54. The summed E-state index contributed by atoms with van der Waals surface area (Å²) in [6.07, 6.45) is 5.17. The predicted octanol–water partition coefficient (Wildman–Crippen LogP) is 2.05. The molecule has 0 aromatic rings. The maximum atomic E-state index is 13.1. The Morgan fingerprint density at radius 3 is 2.61 bits per heavy atom. The van der Waals surface area contributed by atoms with Crippen LogP contribution in [0, 0.1) is 11.8 Å². The first-order valence-electron chi connectivity index (χ1n) is 9.23. The van der Waals surface area contributed by atoms with Gasteiger partial charge in [0.1, 0.15) is 5.60 Å². The topological polar surface area (TPSA) is 49.9 Å². The molecule has 0 aromatic heterocycles. The van der Waals surface area contributed by atoms with Crippen molar-refractivity contribution in [2.24, 2.45) is 11.8 Å². The average Bonchev–Trinajstić information content (AvgIpc) is 3.00. The quantitative estimate of drug-likeness (QED) is 0.746. The summed E-state index contributed by atoms with van der Waals surface area (Å²) in [4.78, 5) is 29.4. The SMILES string of the molecule is CC(C)CN1CCCN(C(=O)[C@H]2CC(=O)OC23CCCC3)CC1. The molecule has 1 saturated carbocycles. The van der Waals surface area contributed by atoms with E-state index >= 15 is 0 Å². The summed E-state index contributed by atoms with van der Waals surface area (Å²) in [7, 11) is 0. The number of hydrogen-bond donors (Lipinski definition) is 0. The number of esters is 1. The number of carbonyl (C=O) groups excluding carboxylic acids is 2. The van der Waals surface area contributed by atoms with E-state index in [9.17, 15) is 9.59 Å². The zero-order chi connectivity index (χ0) is 16.4. The lowest BCUT2D eigenvalue weighted by atomic mass is 9.84. The number of carbonyl (C=O) groups is 2. The summed E-state index contributed by atoms with van der Waals surface area (Å²) >= 11 is 0. The largest absolute Gasteiger partial charge is 0.458 e. The van der Waals surface area contributed by atoms with Crippen molar-refractivity contribution in [1.29, 1.82) is 0 Å². The Labute approximate surface area is 139 Å². The van der Waals surface area contributed by atoms with Crippen LogP contribution in [-0.4, -0.2) is 60.0 Å². The van der Waals surface area contributed by atoms with Crippen molar-refractivity contribution in [3.05, 3.63) is 0 Å². The van der Waals surface area contributed by atoms with Gasteiger partial charge >= 0.3 is 5.97 Å². The zero-order valence-corrected chi connectivity index (χ0v) is 14.6. The van der Waals surface area contributed by atoms with Gasteiger partial charge in [0, 0.05) is 26.2 Å². The van der Waals surface area contributed by atoms with E-state index in [1.54, 1.807) is 0 Å². The van der Waals surface area contributed by atoms with Gasteiger partial charge in [-0.15, -0.1) is 0 Å². The van der Waals surface area contributed by atoms with Crippen molar-refractivity contribution in [3.63, 3.8) is 0 Å². The minimum Gasteiger partial charge on any atom is -0.458 e. The van der Waals surface area contributed by atoms with Crippen molar-refractivity contribution in [2.75, 3.05) is 32.7 Å². The molecule has 3 fully saturated rings. The Morgan fingerprint density at radius 1 is 1.17 bits per heavy atom. The Bertz CT molecular complexity index is 457. The van der Waals surface area contributed by atoms with Crippen LogP contribution in [0.2, 0.25) is 0 Å². The van der Waals surface area contributed by atoms with Gasteiger partial charge < -0.3 is 14.5 Å². The molecular formula is C18H30N2O3. The second kappa shape index (κ2) is 6.80. The van der Waals surface area contributed by atoms with E-state index in [4.69, 9.17) is 4.74 Å². The van der Waals surface area contributed by atoms with Crippen LogP contribution in [0.25, 0.3) is 0 Å². The highest BCUT2D eigenvalue weighted by Gasteiger charge is 2.54. The average molecular weight is 322 g/mol. The molecule has 0 unspecified atom stereocenters. The van der Waals surface area contributed by atoms with Crippen LogP contribution in [0.1, 0.15) is 52.4 Å². The smallest absolute Gasteiger partial charge is 0.307 e. The van der Waals surface area contributed by atoms with Crippen molar-refractivity contribution in [2.45, 2.75) is 58.0 Å². The van der Waals surface area contributed by atoms with Crippen LogP contribution in [0.5, 0.6) is 0 Å². The molecule has 1 amide bonds. The molecule has 3 rings (SSSR count). The third-order valence-corrected chi connectivity index (χ3v) is 5.59. The van der Waals surface area contributed by atoms with Crippen LogP contribution >= 0.6 is 0 Å². The molecule has 3 aliphatic rings. The Hall–Kier alpha value is -1.10. The molecule has 5 nitrogen and oxygen atoms in total. The highest BCUT2D eigenvalue weighted by atomic mass is 16.6. The van der Waals surface area contributed by atoms with Crippen LogP contribution in [0.3, 0.4) is 0 Å². The zero-order valence-electron chi connectivity index (χ0n) is 14.6. The van der Waals surface area contributed by atoms with Crippen molar-refractivity contribution in [3.8, 4) is 0 Å². The van der Waals surface area contributed by atoms with Gasteiger partial charge in [-0.3, -0.25) is 9.59 Å². The van der Waals surface area contributed by atoms with E-state index in [1.807, 2.05) is 4.90 Å². The summed E-state index contributed by atoms with van der Waals surface area (Å²) in [6, 6.07) is 0. The summed E-state index contributed by atoms with van der Waals surface area (Å²) in [5.74, 6) is 0.389. The first kappa shape index (κ1) is 16.7. The molecule has 1 atom stereocenters. The molecule has 1 aliphatic carbocycles. The van der Waals surface area contributed by atoms with Gasteiger partial charge in [-0.1, -0.05) is 13.8 Å². The highest BCUT2D eigenvalue weighted by molar-refractivity contribution is 5.88. The van der Waals surface area contributed by atoms with E-state index in [1.165, 1.54) is 0 Å². The highest BCUT2D eigenvalue weighted by Crippen LogP contribution is 2.46. The third-order valence-electron chi connectivity index (χ3n) is 5.59. The van der Waals surface area contributed by atoms with Crippen molar-refractivity contribution >= 4 is 11.9 Å². The van der Waals surface area contributed by atoms with Crippen molar-refractivity contribution in [1.82, 2.24) is 9.80 Å². The van der Waals surface area contributed by atoms with Gasteiger partial charge in [0.05, 0.1) is 12.3 Å². The minimum atomic E-state index is -0.474. The molecule has 23 heavy (non-hydrogen) atoms. The predicted molar refractivity (Wildman–Crippen MR) is 87.9 cm³/mol. The Morgan fingerprint density at radius 2 is 1.91 bits per heavy atom. The van der Waals surface area contributed by atoms with E-state index in [-0.39, 0.29) is 24.2 Å². The molecular weight excluding hydrogens is 292 g/mol. The summed E-state index contributed by atoms with van der Waals surface area (Å²) in [5.41, 5.74) is -0.474. The molecule has 2 saturated heterocycles.